The fourth-order valence-electron chi connectivity index (χ4n) is 1.79. The molecule has 2 rings (SSSR count). The van der Waals surface area contributed by atoms with Crippen LogP contribution in [-0.2, 0) is 7.05 Å². The number of hydrogen-bond donors (Lipinski definition) is 1. The van der Waals surface area contributed by atoms with Crippen LogP contribution >= 0.6 is 0 Å². The fraction of sp³-hybridized carbons (Fsp3) is 0.857. The SMILES string of the molecule is Cn1nnnc1[C@@H]1CCC[C@H]1O. The summed E-state index contributed by atoms with van der Waals surface area (Å²) >= 11 is 0. The summed E-state index contributed by atoms with van der Waals surface area (Å²) in [5.41, 5.74) is 0. The van der Waals surface area contributed by atoms with Crippen molar-refractivity contribution in [2.24, 2.45) is 7.05 Å². The van der Waals surface area contributed by atoms with Gasteiger partial charge in [-0.3, -0.25) is 0 Å². The summed E-state index contributed by atoms with van der Waals surface area (Å²) in [6.07, 6.45) is 2.68. The predicted octanol–water partition coefficient (Wildman–Crippen LogP) is -0.162. The Morgan fingerprint density at radius 2 is 2.33 bits per heavy atom. The van der Waals surface area contributed by atoms with E-state index in [0.29, 0.717) is 0 Å². The topological polar surface area (TPSA) is 63.8 Å². The van der Waals surface area contributed by atoms with Crippen LogP contribution in [0.15, 0.2) is 0 Å². The van der Waals surface area contributed by atoms with E-state index in [4.69, 9.17) is 0 Å². The largest absolute Gasteiger partial charge is 0.392 e. The van der Waals surface area contributed by atoms with Gasteiger partial charge in [-0.25, -0.2) is 4.68 Å². The molecular weight excluding hydrogens is 156 g/mol. The first-order valence-corrected chi connectivity index (χ1v) is 4.19. The molecule has 0 radical (unpaired) electrons. The standard InChI is InChI=1S/C7H12N4O/c1-11-7(8-9-10-11)5-3-2-4-6(5)12/h5-6,12H,2-4H2,1H3/t5-,6-/m1/s1. The molecule has 0 bridgehead atoms. The Morgan fingerprint density at radius 3 is 2.83 bits per heavy atom. The zero-order chi connectivity index (χ0) is 8.55. The van der Waals surface area contributed by atoms with Gasteiger partial charge in [0, 0.05) is 13.0 Å². The molecule has 0 aliphatic heterocycles. The lowest BCUT2D eigenvalue weighted by Gasteiger charge is -2.11. The molecule has 1 N–H and O–H groups in total. The molecule has 1 aromatic heterocycles. The lowest BCUT2D eigenvalue weighted by atomic mass is 10.1. The van der Waals surface area contributed by atoms with Crippen molar-refractivity contribution in [1.29, 1.82) is 0 Å². The van der Waals surface area contributed by atoms with E-state index in [2.05, 4.69) is 15.5 Å². The summed E-state index contributed by atoms with van der Waals surface area (Å²) in [5.74, 6) is 0.949. The van der Waals surface area contributed by atoms with Crippen LogP contribution in [0, 0.1) is 0 Å². The summed E-state index contributed by atoms with van der Waals surface area (Å²) in [5, 5.41) is 20.8. The van der Waals surface area contributed by atoms with E-state index in [9.17, 15) is 5.11 Å². The summed E-state index contributed by atoms with van der Waals surface area (Å²) in [6, 6.07) is 0. The summed E-state index contributed by atoms with van der Waals surface area (Å²) in [7, 11) is 1.81. The number of hydrogen-bond acceptors (Lipinski definition) is 4. The molecule has 1 heterocycles. The maximum atomic E-state index is 9.58. The third kappa shape index (κ3) is 1.10. The normalized spacial score (nSPS) is 29.5. The van der Waals surface area contributed by atoms with Crippen molar-refractivity contribution in [3.05, 3.63) is 5.82 Å². The Bertz CT molecular complexity index is 272. The highest BCUT2D eigenvalue weighted by Crippen LogP contribution is 2.32. The molecule has 66 valence electrons. The fourth-order valence-corrected chi connectivity index (χ4v) is 1.79. The molecule has 12 heavy (non-hydrogen) atoms. The van der Waals surface area contributed by atoms with Crippen molar-refractivity contribution in [1.82, 2.24) is 20.2 Å². The van der Waals surface area contributed by atoms with Crippen LogP contribution in [-0.4, -0.2) is 31.4 Å². The molecule has 5 nitrogen and oxygen atoms in total. The lowest BCUT2D eigenvalue weighted by molar-refractivity contribution is 0.159. The molecule has 0 saturated heterocycles. The Balaban J connectivity index is 2.24. The molecule has 1 saturated carbocycles. The van der Waals surface area contributed by atoms with Gasteiger partial charge in [-0.15, -0.1) is 5.10 Å². The van der Waals surface area contributed by atoms with E-state index in [1.165, 1.54) is 0 Å². The molecule has 0 unspecified atom stereocenters. The summed E-state index contributed by atoms with van der Waals surface area (Å²) < 4.78 is 1.64. The average molecular weight is 168 g/mol. The second-order valence-corrected chi connectivity index (χ2v) is 3.27. The van der Waals surface area contributed by atoms with Gasteiger partial charge in [0.1, 0.15) is 0 Å². The van der Waals surface area contributed by atoms with Gasteiger partial charge in [-0.2, -0.15) is 0 Å². The molecule has 0 amide bonds. The number of rotatable bonds is 1. The van der Waals surface area contributed by atoms with Crippen LogP contribution in [0.3, 0.4) is 0 Å². The first kappa shape index (κ1) is 7.67. The molecule has 1 aliphatic rings. The van der Waals surface area contributed by atoms with Crippen molar-refractivity contribution in [2.45, 2.75) is 31.3 Å². The monoisotopic (exact) mass is 168 g/mol. The molecule has 1 fully saturated rings. The maximum Gasteiger partial charge on any atom is 0.156 e. The molecule has 5 heteroatoms. The molecule has 0 aromatic carbocycles. The van der Waals surface area contributed by atoms with E-state index in [1.807, 2.05) is 0 Å². The quantitative estimate of drug-likeness (QED) is 0.632. The molecule has 1 aliphatic carbocycles. The summed E-state index contributed by atoms with van der Waals surface area (Å²) in [4.78, 5) is 0. The summed E-state index contributed by atoms with van der Waals surface area (Å²) in [6.45, 7) is 0. The van der Waals surface area contributed by atoms with E-state index < -0.39 is 0 Å². The minimum atomic E-state index is -0.255. The van der Waals surface area contributed by atoms with E-state index >= 15 is 0 Å². The van der Waals surface area contributed by atoms with Crippen LogP contribution in [0.1, 0.15) is 31.0 Å². The predicted molar refractivity (Wildman–Crippen MR) is 41.4 cm³/mol. The molecule has 1 aromatic rings. The van der Waals surface area contributed by atoms with E-state index in [0.717, 1.165) is 25.1 Å². The van der Waals surface area contributed by atoms with Crippen LogP contribution in [0.2, 0.25) is 0 Å². The Kier molecular flexibility index (Phi) is 1.80. The van der Waals surface area contributed by atoms with E-state index in [1.54, 1.807) is 11.7 Å². The van der Waals surface area contributed by atoms with Crippen molar-refractivity contribution >= 4 is 0 Å². The zero-order valence-corrected chi connectivity index (χ0v) is 7.01. The van der Waals surface area contributed by atoms with Crippen molar-refractivity contribution in [3.8, 4) is 0 Å². The smallest absolute Gasteiger partial charge is 0.156 e. The van der Waals surface area contributed by atoms with Gasteiger partial charge in [0.2, 0.25) is 0 Å². The van der Waals surface area contributed by atoms with Gasteiger partial charge in [0.15, 0.2) is 5.82 Å². The number of nitrogens with zero attached hydrogens (tertiary/aromatic N) is 4. The third-order valence-electron chi connectivity index (χ3n) is 2.46. The van der Waals surface area contributed by atoms with Gasteiger partial charge in [-0.1, -0.05) is 6.42 Å². The number of tetrazole rings is 1. The Labute approximate surface area is 70.4 Å². The maximum absolute atomic E-state index is 9.58. The van der Waals surface area contributed by atoms with Gasteiger partial charge in [-0.05, 0) is 23.3 Å². The Morgan fingerprint density at radius 1 is 1.50 bits per heavy atom. The third-order valence-corrected chi connectivity index (χ3v) is 2.46. The number of aliphatic hydroxyl groups is 1. The first-order chi connectivity index (χ1) is 5.79. The van der Waals surface area contributed by atoms with Crippen molar-refractivity contribution < 1.29 is 5.11 Å². The van der Waals surface area contributed by atoms with Crippen LogP contribution in [0.25, 0.3) is 0 Å². The zero-order valence-electron chi connectivity index (χ0n) is 7.01. The second-order valence-electron chi connectivity index (χ2n) is 3.27. The molecule has 2 atom stereocenters. The second kappa shape index (κ2) is 2.82. The first-order valence-electron chi connectivity index (χ1n) is 4.19. The van der Waals surface area contributed by atoms with Gasteiger partial charge < -0.3 is 5.11 Å². The van der Waals surface area contributed by atoms with Crippen molar-refractivity contribution in [2.75, 3.05) is 0 Å². The van der Waals surface area contributed by atoms with Gasteiger partial charge in [0.05, 0.1) is 6.10 Å². The van der Waals surface area contributed by atoms with E-state index in [-0.39, 0.29) is 12.0 Å². The Hall–Kier alpha value is -0.970. The molecule has 0 spiro atoms. The van der Waals surface area contributed by atoms with Crippen LogP contribution in [0.4, 0.5) is 0 Å². The van der Waals surface area contributed by atoms with Crippen LogP contribution in [0.5, 0.6) is 0 Å². The highest BCUT2D eigenvalue weighted by molar-refractivity contribution is 5.00. The lowest BCUT2D eigenvalue weighted by Crippen LogP contribution is -2.15. The minimum absolute atomic E-state index is 0.144. The molecular formula is C7H12N4O. The van der Waals surface area contributed by atoms with Crippen LogP contribution < -0.4 is 0 Å². The number of aromatic nitrogens is 4. The van der Waals surface area contributed by atoms with Gasteiger partial charge >= 0.3 is 0 Å². The minimum Gasteiger partial charge on any atom is -0.392 e. The highest BCUT2D eigenvalue weighted by atomic mass is 16.3. The van der Waals surface area contributed by atoms with Gasteiger partial charge in [0.25, 0.3) is 0 Å². The number of aryl methyl sites for hydroxylation is 1. The number of aliphatic hydroxyl groups excluding tert-OH is 1. The highest BCUT2D eigenvalue weighted by Gasteiger charge is 2.30. The average Bonchev–Trinajstić information content (AvgIpc) is 2.59. The van der Waals surface area contributed by atoms with Crippen molar-refractivity contribution in [3.63, 3.8) is 0 Å².